The van der Waals surface area contributed by atoms with Gasteiger partial charge in [-0.05, 0) is 19.9 Å². The second kappa shape index (κ2) is 9.04. The molecular weight excluding hydrogens is 167 g/mol. The number of rotatable bonds is 3. The van der Waals surface area contributed by atoms with Gasteiger partial charge in [0.05, 0.1) is 7.11 Å². The normalized spacial score (nSPS) is 11.5. The van der Waals surface area contributed by atoms with Crippen molar-refractivity contribution in [2.75, 3.05) is 7.11 Å². The van der Waals surface area contributed by atoms with Crippen LogP contribution in [0.5, 0.6) is 0 Å². The molecule has 0 amide bonds. The minimum atomic E-state index is -0.428. The van der Waals surface area contributed by atoms with E-state index in [1.165, 1.54) is 13.2 Å². The summed E-state index contributed by atoms with van der Waals surface area (Å²) in [5, 5.41) is 0. The van der Waals surface area contributed by atoms with Gasteiger partial charge in [-0.15, -0.1) is 0 Å². The summed E-state index contributed by atoms with van der Waals surface area (Å²) < 4.78 is 17.4. The van der Waals surface area contributed by atoms with Crippen LogP contribution in [0.15, 0.2) is 35.9 Å². The second-order valence-electron chi connectivity index (χ2n) is 2.15. The molecule has 0 aliphatic carbocycles. The average Bonchev–Trinajstić information content (AvgIpc) is 2.19. The number of ether oxygens (including phenoxy) is 1. The number of allylic oxidation sites excluding steroid dienone is 4. The highest BCUT2D eigenvalue weighted by molar-refractivity contribution is 5.26. The van der Waals surface area contributed by atoms with E-state index in [9.17, 15) is 4.39 Å². The summed E-state index contributed by atoms with van der Waals surface area (Å²) >= 11 is 0. The maximum absolute atomic E-state index is 12.8. The molecule has 0 aromatic carbocycles. The van der Waals surface area contributed by atoms with Crippen LogP contribution in [0.2, 0.25) is 0 Å². The standard InChI is InChI=1S/C9H13FO.C2H6/c1-5-7(2)6-9(10)8(3)11-4;1-2/h5-6H,3H2,1-2,4H3;1-2H3/b7-5-,9-6+;. The van der Waals surface area contributed by atoms with Crippen LogP contribution in [-0.4, -0.2) is 7.11 Å². The van der Waals surface area contributed by atoms with Crippen LogP contribution < -0.4 is 0 Å². The van der Waals surface area contributed by atoms with E-state index in [4.69, 9.17) is 0 Å². The van der Waals surface area contributed by atoms with Crippen molar-refractivity contribution in [2.24, 2.45) is 0 Å². The predicted octanol–water partition coefficient (Wildman–Crippen LogP) is 3.99. The van der Waals surface area contributed by atoms with Crippen molar-refractivity contribution in [3.63, 3.8) is 0 Å². The highest BCUT2D eigenvalue weighted by Crippen LogP contribution is 2.12. The van der Waals surface area contributed by atoms with Crippen LogP contribution in [0.25, 0.3) is 0 Å². The molecule has 2 heteroatoms. The molecular formula is C11H19FO. The first-order chi connectivity index (χ1) is 6.11. The summed E-state index contributed by atoms with van der Waals surface area (Å²) in [6.07, 6.45) is 3.19. The van der Waals surface area contributed by atoms with Gasteiger partial charge < -0.3 is 4.74 Å². The fourth-order valence-electron chi connectivity index (χ4n) is 0.461. The van der Waals surface area contributed by atoms with Gasteiger partial charge in [0.25, 0.3) is 0 Å². The summed E-state index contributed by atoms with van der Waals surface area (Å²) in [4.78, 5) is 0. The van der Waals surface area contributed by atoms with Gasteiger partial charge in [-0.2, -0.15) is 0 Å². The van der Waals surface area contributed by atoms with Gasteiger partial charge >= 0.3 is 0 Å². The molecule has 76 valence electrons. The predicted molar refractivity (Wildman–Crippen MR) is 56.1 cm³/mol. The molecule has 0 unspecified atom stereocenters. The number of halogens is 1. The lowest BCUT2D eigenvalue weighted by molar-refractivity contribution is 0.285. The molecule has 0 aromatic rings. The molecule has 13 heavy (non-hydrogen) atoms. The van der Waals surface area contributed by atoms with Crippen molar-refractivity contribution in [1.29, 1.82) is 0 Å². The van der Waals surface area contributed by atoms with Gasteiger partial charge in [0.15, 0.2) is 5.83 Å². The Morgan fingerprint density at radius 1 is 1.38 bits per heavy atom. The molecule has 0 atom stereocenters. The number of methoxy groups -OCH3 is 1. The molecule has 0 rings (SSSR count). The summed E-state index contributed by atoms with van der Waals surface area (Å²) in [5.41, 5.74) is 0.848. The fourth-order valence-corrected chi connectivity index (χ4v) is 0.461. The molecule has 0 fully saturated rings. The van der Waals surface area contributed by atoms with Crippen molar-refractivity contribution >= 4 is 0 Å². The van der Waals surface area contributed by atoms with E-state index in [0.29, 0.717) is 0 Å². The Morgan fingerprint density at radius 3 is 2.15 bits per heavy atom. The summed E-state index contributed by atoms with van der Waals surface area (Å²) in [5.74, 6) is -0.366. The molecule has 0 saturated carbocycles. The zero-order chi connectivity index (χ0) is 10.9. The molecule has 0 spiro atoms. The van der Waals surface area contributed by atoms with Crippen LogP contribution in [0.3, 0.4) is 0 Å². The third-order valence-electron chi connectivity index (χ3n) is 1.32. The van der Waals surface area contributed by atoms with Gasteiger partial charge in [0.1, 0.15) is 5.76 Å². The minimum absolute atomic E-state index is 0.0613. The van der Waals surface area contributed by atoms with Gasteiger partial charge in [-0.1, -0.05) is 32.1 Å². The Morgan fingerprint density at radius 2 is 1.85 bits per heavy atom. The number of hydrogen-bond donors (Lipinski definition) is 0. The maximum atomic E-state index is 12.8. The van der Waals surface area contributed by atoms with E-state index in [0.717, 1.165) is 5.57 Å². The number of hydrogen-bond acceptors (Lipinski definition) is 1. The van der Waals surface area contributed by atoms with Crippen LogP contribution in [0, 0.1) is 0 Å². The van der Waals surface area contributed by atoms with Crippen molar-refractivity contribution in [2.45, 2.75) is 27.7 Å². The molecule has 0 N–H and O–H groups in total. The van der Waals surface area contributed by atoms with Crippen LogP contribution in [0.4, 0.5) is 4.39 Å². The zero-order valence-corrected chi connectivity index (χ0v) is 9.15. The molecule has 1 nitrogen and oxygen atoms in total. The van der Waals surface area contributed by atoms with Gasteiger partial charge in [-0.25, -0.2) is 4.39 Å². The molecule has 0 saturated heterocycles. The Labute approximate surface area is 80.6 Å². The Bertz CT molecular complexity index is 202. The van der Waals surface area contributed by atoms with E-state index in [1.54, 1.807) is 0 Å². The smallest absolute Gasteiger partial charge is 0.164 e. The van der Waals surface area contributed by atoms with Crippen molar-refractivity contribution < 1.29 is 9.13 Å². The molecule has 0 bridgehead atoms. The average molecular weight is 186 g/mol. The lowest BCUT2D eigenvalue weighted by atomic mass is 10.2. The molecule has 0 aliphatic rings. The van der Waals surface area contributed by atoms with Crippen molar-refractivity contribution in [1.82, 2.24) is 0 Å². The van der Waals surface area contributed by atoms with Crippen LogP contribution >= 0.6 is 0 Å². The van der Waals surface area contributed by atoms with Crippen LogP contribution in [-0.2, 0) is 4.74 Å². The first-order valence-corrected chi connectivity index (χ1v) is 4.35. The van der Waals surface area contributed by atoms with Gasteiger partial charge in [0.2, 0.25) is 0 Å². The van der Waals surface area contributed by atoms with E-state index >= 15 is 0 Å². The largest absolute Gasteiger partial charge is 0.494 e. The van der Waals surface area contributed by atoms with Crippen molar-refractivity contribution in [3.8, 4) is 0 Å². The van der Waals surface area contributed by atoms with E-state index < -0.39 is 5.83 Å². The quantitative estimate of drug-likeness (QED) is 0.478. The first-order valence-electron chi connectivity index (χ1n) is 4.35. The third kappa shape index (κ3) is 7.32. The van der Waals surface area contributed by atoms with E-state index in [2.05, 4.69) is 11.3 Å². The molecule has 0 heterocycles. The SMILES string of the molecule is C=C(OC)/C(F)=C\C(C)=C/C.CC. The van der Waals surface area contributed by atoms with Crippen LogP contribution in [0.1, 0.15) is 27.7 Å². The third-order valence-corrected chi connectivity index (χ3v) is 1.32. The topological polar surface area (TPSA) is 9.23 Å². The maximum Gasteiger partial charge on any atom is 0.164 e. The van der Waals surface area contributed by atoms with Crippen molar-refractivity contribution in [3.05, 3.63) is 35.9 Å². The lowest BCUT2D eigenvalue weighted by Crippen LogP contribution is -1.84. The minimum Gasteiger partial charge on any atom is -0.494 e. The zero-order valence-electron chi connectivity index (χ0n) is 9.15. The fraction of sp³-hybridized carbons (Fsp3) is 0.455. The Kier molecular flexibility index (Phi) is 10.1. The van der Waals surface area contributed by atoms with Gasteiger partial charge in [0, 0.05) is 0 Å². The first kappa shape index (κ1) is 14.5. The summed E-state index contributed by atoms with van der Waals surface area (Å²) in [6, 6.07) is 0. The Balaban J connectivity index is 0. The summed E-state index contributed by atoms with van der Waals surface area (Å²) in [7, 11) is 1.39. The lowest BCUT2D eigenvalue weighted by Gasteiger charge is -1.99. The highest BCUT2D eigenvalue weighted by atomic mass is 19.1. The van der Waals surface area contributed by atoms with E-state index in [1.807, 2.05) is 33.8 Å². The highest BCUT2D eigenvalue weighted by Gasteiger charge is 1.98. The van der Waals surface area contributed by atoms with E-state index in [-0.39, 0.29) is 5.76 Å². The molecule has 0 aliphatic heterocycles. The molecule has 0 aromatic heterocycles. The Hall–Kier alpha value is -1.05. The second-order valence-corrected chi connectivity index (χ2v) is 2.15. The monoisotopic (exact) mass is 186 g/mol. The summed E-state index contributed by atoms with van der Waals surface area (Å²) in [6.45, 7) is 11.0. The molecule has 0 radical (unpaired) electrons. The van der Waals surface area contributed by atoms with Gasteiger partial charge in [-0.3, -0.25) is 0 Å².